The Morgan fingerprint density at radius 2 is 2.12 bits per heavy atom. The van der Waals surface area contributed by atoms with Crippen molar-refractivity contribution in [3.63, 3.8) is 0 Å². The molecule has 0 aliphatic rings. The molecule has 1 heterocycles. The standard InChI is InChI=1S/C13H18N2O2/c1-9(2)7-10(8-16)14-13-15-11-5-3-4-6-12(11)17-13/h3-6,9-10,16H,7-8H2,1-2H3,(H,14,15). The molecule has 0 amide bonds. The Hall–Kier alpha value is -1.55. The summed E-state index contributed by atoms with van der Waals surface area (Å²) in [6, 6.07) is 8.08. The van der Waals surface area contributed by atoms with Crippen LogP contribution < -0.4 is 5.32 Å². The first-order valence-corrected chi connectivity index (χ1v) is 5.92. The fourth-order valence-corrected chi connectivity index (χ4v) is 1.86. The van der Waals surface area contributed by atoms with E-state index in [1.165, 1.54) is 0 Å². The van der Waals surface area contributed by atoms with Gasteiger partial charge in [0.1, 0.15) is 5.52 Å². The molecule has 1 aromatic heterocycles. The molecule has 0 saturated heterocycles. The van der Waals surface area contributed by atoms with E-state index < -0.39 is 0 Å². The topological polar surface area (TPSA) is 58.3 Å². The van der Waals surface area contributed by atoms with Gasteiger partial charge in [0, 0.05) is 0 Å². The maximum absolute atomic E-state index is 9.28. The van der Waals surface area contributed by atoms with Crippen LogP contribution in [0.4, 0.5) is 6.01 Å². The van der Waals surface area contributed by atoms with Crippen LogP contribution in [-0.2, 0) is 0 Å². The van der Waals surface area contributed by atoms with Crippen LogP contribution in [-0.4, -0.2) is 22.7 Å². The first-order chi connectivity index (χ1) is 8.19. The molecule has 0 spiro atoms. The molecule has 1 unspecified atom stereocenters. The van der Waals surface area contributed by atoms with Crippen LogP contribution in [0.15, 0.2) is 28.7 Å². The van der Waals surface area contributed by atoms with Crippen LogP contribution in [0.2, 0.25) is 0 Å². The van der Waals surface area contributed by atoms with Gasteiger partial charge in [-0.25, -0.2) is 0 Å². The van der Waals surface area contributed by atoms with E-state index in [2.05, 4.69) is 24.1 Å². The summed E-state index contributed by atoms with van der Waals surface area (Å²) >= 11 is 0. The van der Waals surface area contributed by atoms with E-state index in [0.29, 0.717) is 11.9 Å². The lowest BCUT2D eigenvalue weighted by Gasteiger charge is -2.16. The summed E-state index contributed by atoms with van der Waals surface area (Å²) in [6.07, 6.45) is 0.884. The largest absolute Gasteiger partial charge is 0.424 e. The van der Waals surface area contributed by atoms with Crippen molar-refractivity contribution in [3.8, 4) is 0 Å². The SMILES string of the molecule is CC(C)CC(CO)Nc1nc2ccccc2o1. The van der Waals surface area contributed by atoms with E-state index in [1.807, 2.05) is 24.3 Å². The number of aliphatic hydroxyl groups is 1. The zero-order valence-corrected chi connectivity index (χ0v) is 10.2. The Bertz CT molecular complexity index is 446. The third-order valence-corrected chi connectivity index (χ3v) is 2.60. The van der Waals surface area contributed by atoms with Crippen LogP contribution >= 0.6 is 0 Å². The maximum atomic E-state index is 9.28. The second kappa shape index (κ2) is 5.19. The van der Waals surface area contributed by atoms with Crippen molar-refractivity contribution < 1.29 is 9.52 Å². The predicted molar refractivity (Wildman–Crippen MR) is 68.0 cm³/mol. The van der Waals surface area contributed by atoms with Gasteiger partial charge in [-0.3, -0.25) is 0 Å². The maximum Gasteiger partial charge on any atom is 0.295 e. The molecule has 0 bridgehead atoms. The summed E-state index contributed by atoms with van der Waals surface area (Å²) in [5.41, 5.74) is 1.59. The molecule has 4 nitrogen and oxygen atoms in total. The van der Waals surface area contributed by atoms with Gasteiger partial charge in [-0.15, -0.1) is 0 Å². The molecule has 0 saturated carbocycles. The third-order valence-electron chi connectivity index (χ3n) is 2.60. The molecule has 0 aliphatic carbocycles. The number of aliphatic hydroxyl groups excluding tert-OH is 1. The molecule has 2 rings (SSSR count). The fraction of sp³-hybridized carbons (Fsp3) is 0.462. The molecular weight excluding hydrogens is 216 g/mol. The van der Waals surface area contributed by atoms with Crippen molar-refractivity contribution in [1.29, 1.82) is 0 Å². The highest BCUT2D eigenvalue weighted by Crippen LogP contribution is 2.19. The van der Waals surface area contributed by atoms with Gasteiger partial charge in [0.05, 0.1) is 12.6 Å². The van der Waals surface area contributed by atoms with Gasteiger partial charge in [-0.05, 0) is 24.5 Å². The van der Waals surface area contributed by atoms with E-state index in [9.17, 15) is 5.11 Å². The first kappa shape index (κ1) is 11.9. The van der Waals surface area contributed by atoms with Gasteiger partial charge >= 0.3 is 0 Å². The molecule has 1 aromatic carbocycles. The zero-order chi connectivity index (χ0) is 12.3. The fourth-order valence-electron chi connectivity index (χ4n) is 1.86. The van der Waals surface area contributed by atoms with Crippen molar-refractivity contribution in [1.82, 2.24) is 4.98 Å². The van der Waals surface area contributed by atoms with Crippen LogP contribution in [0, 0.1) is 5.92 Å². The highest BCUT2D eigenvalue weighted by atomic mass is 16.4. The Balaban J connectivity index is 2.11. The smallest absolute Gasteiger partial charge is 0.295 e. The molecule has 0 fully saturated rings. The van der Waals surface area contributed by atoms with E-state index in [-0.39, 0.29) is 12.6 Å². The zero-order valence-electron chi connectivity index (χ0n) is 10.2. The molecule has 4 heteroatoms. The lowest BCUT2D eigenvalue weighted by atomic mass is 10.0. The van der Waals surface area contributed by atoms with E-state index in [1.54, 1.807) is 0 Å². The highest BCUT2D eigenvalue weighted by Gasteiger charge is 2.13. The number of hydrogen-bond acceptors (Lipinski definition) is 4. The highest BCUT2D eigenvalue weighted by molar-refractivity contribution is 5.74. The molecular formula is C13H18N2O2. The molecule has 92 valence electrons. The molecule has 17 heavy (non-hydrogen) atoms. The van der Waals surface area contributed by atoms with Crippen molar-refractivity contribution in [2.24, 2.45) is 5.92 Å². The van der Waals surface area contributed by atoms with Gasteiger partial charge in [-0.1, -0.05) is 26.0 Å². The molecule has 0 radical (unpaired) electrons. The number of anilines is 1. The van der Waals surface area contributed by atoms with Crippen molar-refractivity contribution >= 4 is 17.1 Å². The van der Waals surface area contributed by atoms with E-state index >= 15 is 0 Å². The number of fused-ring (bicyclic) bond motifs is 1. The number of nitrogens with zero attached hydrogens (tertiary/aromatic N) is 1. The summed E-state index contributed by atoms with van der Waals surface area (Å²) in [7, 11) is 0. The average Bonchev–Trinajstić information content (AvgIpc) is 2.69. The minimum atomic E-state index is -0.0111. The molecule has 1 atom stereocenters. The molecule has 2 aromatic rings. The van der Waals surface area contributed by atoms with Crippen molar-refractivity contribution in [3.05, 3.63) is 24.3 Å². The normalized spacial score (nSPS) is 13.2. The van der Waals surface area contributed by atoms with Crippen LogP contribution in [0.5, 0.6) is 0 Å². The Kier molecular flexibility index (Phi) is 3.64. The first-order valence-electron chi connectivity index (χ1n) is 5.92. The van der Waals surface area contributed by atoms with E-state index in [4.69, 9.17) is 4.42 Å². The van der Waals surface area contributed by atoms with Crippen molar-refractivity contribution in [2.45, 2.75) is 26.3 Å². The molecule has 0 aliphatic heterocycles. The second-order valence-electron chi connectivity index (χ2n) is 4.64. The molecule has 2 N–H and O–H groups in total. The second-order valence-corrected chi connectivity index (χ2v) is 4.64. The number of nitrogens with one attached hydrogen (secondary N) is 1. The van der Waals surface area contributed by atoms with Crippen LogP contribution in [0.1, 0.15) is 20.3 Å². The summed E-state index contributed by atoms with van der Waals surface area (Å²) in [6.45, 7) is 4.32. The number of para-hydroxylation sites is 2. The Morgan fingerprint density at radius 3 is 2.76 bits per heavy atom. The van der Waals surface area contributed by atoms with Gasteiger partial charge < -0.3 is 14.8 Å². The van der Waals surface area contributed by atoms with E-state index in [0.717, 1.165) is 17.5 Å². The van der Waals surface area contributed by atoms with Gasteiger partial charge in [-0.2, -0.15) is 4.98 Å². The number of benzene rings is 1. The number of rotatable bonds is 5. The predicted octanol–water partition coefficient (Wildman–Crippen LogP) is 2.65. The third kappa shape index (κ3) is 2.97. The number of oxazole rings is 1. The minimum Gasteiger partial charge on any atom is -0.424 e. The van der Waals surface area contributed by atoms with Gasteiger partial charge in [0.2, 0.25) is 0 Å². The Labute approximate surface area is 101 Å². The summed E-state index contributed by atoms with van der Waals surface area (Å²) in [4.78, 5) is 4.32. The number of hydrogen-bond donors (Lipinski definition) is 2. The van der Waals surface area contributed by atoms with Crippen LogP contribution in [0.25, 0.3) is 11.1 Å². The minimum absolute atomic E-state index is 0.0111. The van der Waals surface area contributed by atoms with Crippen LogP contribution in [0.3, 0.4) is 0 Å². The summed E-state index contributed by atoms with van der Waals surface area (Å²) in [5, 5.41) is 12.4. The quantitative estimate of drug-likeness (QED) is 0.835. The lowest BCUT2D eigenvalue weighted by molar-refractivity contribution is 0.257. The van der Waals surface area contributed by atoms with Gasteiger partial charge in [0.25, 0.3) is 6.01 Å². The Morgan fingerprint density at radius 1 is 1.35 bits per heavy atom. The summed E-state index contributed by atoms with van der Waals surface area (Å²) in [5.74, 6) is 0.518. The number of aromatic nitrogens is 1. The lowest BCUT2D eigenvalue weighted by Crippen LogP contribution is -2.25. The van der Waals surface area contributed by atoms with Crippen molar-refractivity contribution in [2.75, 3.05) is 11.9 Å². The summed E-state index contributed by atoms with van der Waals surface area (Å²) < 4.78 is 5.55. The van der Waals surface area contributed by atoms with Gasteiger partial charge in [0.15, 0.2) is 5.58 Å². The average molecular weight is 234 g/mol. The monoisotopic (exact) mass is 234 g/mol.